The van der Waals surface area contributed by atoms with Gasteiger partial charge in [-0.3, -0.25) is 10.1 Å². The first-order chi connectivity index (χ1) is 8.70. The lowest BCUT2D eigenvalue weighted by atomic mass is 10.1. The quantitative estimate of drug-likeness (QED) is 0.597. The fourth-order valence-corrected chi connectivity index (χ4v) is 2.43. The Morgan fingerprint density at radius 2 is 1.72 bits per heavy atom. The van der Waals surface area contributed by atoms with E-state index in [-0.39, 0.29) is 0 Å². The van der Waals surface area contributed by atoms with Gasteiger partial charge < -0.3 is 4.90 Å². The second-order valence-electron chi connectivity index (χ2n) is 4.62. The molecule has 18 heavy (non-hydrogen) atoms. The number of para-hydroxylation sites is 1. The third-order valence-corrected chi connectivity index (χ3v) is 3.34. The molecule has 0 unspecified atom stereocenters. The van der Waals surface area contributed by atoms with Crippen molar-refractivity contribution in [1.29, 1.82) is 0 Å². The van der Waals surface area contributed by atoms with Crippen LogP contribution in [0.15, 0.2) is 18.2 Å². The van der Waals surface area contributed by atoms with Gasteiger partial charge in [0.15, 0.2) is 0 Å². The summed E-state index contributed by atoms with van der Waals surface area (Å²) >= 11 is 0. The second kappa shape index (κ2) is 5.80. The van der Waals surface area contributed by atoms with Crippen LogP contribution < -0.4 is 4.90 Å². The predicted octanol–water partition coefficient (Wildman–Crippen LogP) is 3.50. The first kappa shape index (κ1) is 12.8. The van der Waals surface area contributed by atoms with Crippen molar-refractivity contribution in [2.24, 2.45) is 0 Å². The van der Waals surface area contributed by atoms with Crippen molar-refractivity contribution in [3.63, 3.8) is 0 Å². The van der Waals surface area contributed by atoms with Crippen molar-refractivity contribution in [2.75, 3.05) is 18.0 Å². The molecule has 5 heteroatoms. The molecule has 0 bridgehead atoms. The molecule has 0 saturated carbocycles. The molecule has 0 N–H and O–H groups in total. The predicted molar refractivity (Wildman–Crippen MR) is 68.4 cm³/mol. The van der Waals surface area contributed by atoms with Gasteiger partial charge in [0.2, 0.25) is 5.82 Å². The van der Waals surface area contributed by atoms with Gasteiger partial charge in [-0.05, 0) is 25.0 Å². The van der Waals surface area contributed by atoms with Crippen LogP contribution in [-0.4, -0.2) is 18.0 Å². The Bertz CT molecular complexity index is 429. The number of rotatable bonds is 2. The van der Waals surface area contributed by atoms with Crippen molar-refractivity contribution < 1.29 is 9.31 Å². The van der Waals surface area contributed by atoms with E-state index in [9.17, 15) is 14.5 Å². The smallest absolute Gasteiger partial charge is 0.327 e. The van der Waals surface area contributed by atoms with Crippen molar-refractivity contribution in [3.8, 4) is 0 Å². The minimum atomic E-state index is -0.750. The van der Waals surface area contributed by atoms with Crippen LogP contribution in [0.2, 0.25) is 0 Å². The number of nitrogens with zero attached hydrogens (tertiary/aromatic N) is 2. The minimum Gasteiger partial charge on any atom is -0.366 e. The Balaban J connectivity index is 2.30. The summed E-state index contributed by atoms with van der Waals surface area (Å²) in [5.41, 5.74) is 0.0278. The highest BCUT2D eigenvalue weighted by Crippen LogP contribution is 2.31. The number of halogens is 1. The van der Waals surface area contributed by atoms with E-state index in [0.29, 0.717) is 5.69 Å². The maximum atomic E-state index is 13.6. The molecule has 1 fully saturated rings. The average molecular weight is 252 g/mol. The summed E-state index contributed by atoms with van der Waals surface area (Å²) < 4.78 is 13.6. The number of benzene rings is 1. The van der Waals surface area contributed by atoms with Gasteiger partial charge in [0.05, 0.1) is 4.92 Å². The molecular formula is C13H17FN2O2. The average Bonchev–Trinajstić information content (AvgIpc) is 2.27. The Morgan fingerprint density at radius 1 is 1.11 bits per heavy atom. The zero-order valence-corrected chi connectivity index (χ0v) is 10.3. The molecule has 1 aliphatic rings. The molecule has 1 aromatic rings. The lowest BCUT2D eigenvalue weighted by Crippen LogP contribution is -2.27. The minimum absolute atomic E-state index is 0.391. The van der Waals surface area contributed by atoms with Crippen LogP contribution in [0.5, 0.6) is 0 Å². The van der Waals surface area contributed by atoms with Crippen LogP contribution in [0, 0.1) is 15.9 Å². The van der Waals surface area contributed by atoms with E-state index in [0.717, 1.165) is 44.8 Å². The number of hydrogen-bond acceptors (Lipinski definition) is 3. The Labute approximate surface area is 106 Å². The molecule has 0 atom stereocenters. The molecule has 1 aliphatic heterocycles. The van der Waals surface area contributed by atoms with Gasteiger partial charge in [0, 0.05) is 13.1 Å². The molecule has 1 heterocycles. The third-order valence-electron chi connectivity index (χ3n) is 3.34. The van der Waals surface area contributed by atoms with Crippen LogP contribution in [0.4, 0.5) is 15.8 Å². The molecule has 1 saturated heterocycles. The molecule has 1 aromatic carbocycles. The molecular weight excluding hydrogens is 235 g/mol. The first-order valence-electron chi connectivity index (χ1n) is 6.38. The van der Waals surface area contributed by atoms with E-state index in [1.165, 1.54) is 12.5 Å². The number of anilines is 1. The normalized spacial score (nSPS) is 17.1. The van der Waals surface area contributed by atoms with Crippen LogP contribution in [0.3, 0.4) is 0 Å². The summed E-state index contributed by atoms with van der Waals surface area (Å²) in [5.74, 6) is -0.750. The maximum Gasteiger partial charge on any atom is 0.327 e. The highest BCUT2D eigenvalue weighted by atomic mass is 19.1. The van der Waals surface area contributed by atoms with E-state index in [4.69, 9.17) is 0 Å². The molecule has 98 valence electrons. The van der Waals surface area contributed by atoms with E-state index in [2.05, 4.69) is 0 Å². The molecule has 2 rings (SSSR count). The SMILES string of the molecule is O=[N+]([O-])c1c(F)cccc1N1CCCCCCC1. The Morgan fingerprint density at radius 3 is 2.33 bits per heavy atom. The van der Waals surface area contributed by atoms with Gasteiger partial charge in [-0.15, -0.1) is 0 Å². The molecule has 0 aliphatic carbocycles. The van der Waals surface area contributed by atoms with E-state index < -0.39 is 16.4 Å². The van der Waals surface area contributed by atoms with Crippen LogP contribution in [0.1, 0.15) is 32.1 Å². The Hall–Kier alpha value is -1.65. The topological polar surface area (TPSA) is 46.4 Å². The van der Waals surface area contributed by atoms with Crippen LogP contribution in [0.25, 0.3) is 0 Å². The fraction of sp³-hybridized carbons (Fsp3) is 0.538. The zero-order valence-electron chi connectivity index (χ0n) is 10.3. The van der Waals surface area contributed by atoms with E-state index >= 15 is 0 Å². The van der Waals surface area contributed by atoms with Gasteiger partial charge in [-0.25, -0.2) is 0 Å². The van der Waals surface area contributed by atoms with Crippen molar-refractivity contribution in [2.45, 2.75) is 32.1 Å². The molecule has 4 nitrogen and oxygen atoms in total. The number of hydrogen-bond donors (Lipinski definition) is 0. The molecule has 0 radical (unpaired) electrons. The number of nitro benzene ring substituents is 1. The van der Waals surface area contributed by atoms with Crippen molar-refractivity contribution in [3.05, 3.63) is 34.1 Å². The van der Waals surface area contributed by atoms with Crippen molar-refractivity contribution in [1.82, 2.24) is 0 Å². The molecule has 0 aromatic heterocycles. The summed E-state index contributed by atoms with van der Waals surface area (Å²) in [7, 11) is 0. The largest absolute Gasteiger partial charge is 0.366 e. The van der Waals surface area contributed by atoms with E-state index in [1.807, 2.05) is 4.90 Å². The van der Waals surface area contributed by atoms with Gasteiger partial charge in [0.1, 0.15) is 5.69 Å². The number of nitro groups is 1. The monoisotopic (exact) mass is 252 g/mol. The first-order valence-corrected chi connectivity index (χ1v) is 6.38. The van der Waals surface area contributed by atoms with Gasteiger partial charge in [-0.1, -0.05) is 25.3 Å². The summed E-state index contributed by atoms with van der Waals surface area (Å²) in [4.78, 5) is 12.3. The Kier molecular flexibility index (Phi) is 4.12. The van der Waals surface area contributed by atoms with Crippen LogP contribution in [-0.2, 0) is 0 Å². The molecule has 0 amide bonds. The highest BCUT2D eigenvalue weighted by molar-refractivity contribution is 5.63. The summed E-state index contributed by atoms with van der Waals surface area (Å²) in [6.45, 7) is 1.54. The summed E-state index contributed by atoms with van der Waals surface area (Å²) in [5, 5.41) is 11.0. The fourth-order valence-electron chi connectivity index (χ4n) is 2.43. The lowest BCUT2D eigenvalue weighted by molar-refractivity contribution is -0.386. The highest BCUT2D eigenvalue weighted by Gasteiger charge is 2.24. The summed E-state index contributed by atoms with van der Waals surface area (Å²) in [6.07, 6.45) is 5.51. The maximum absolute atomic E-state index is 13.6. The van der Waals surface area contributed by atoms with Gasteiger partial charge >= 0.3 is 5.69 Å². The van der Waals surface area contributed by atoms with Gasteiger partial charge in [-0.2, -0.15) is 4.39 Å². The zero-order chi connectivity index (χ0) is 13.0. The summed E-state index contributed by atoms with van der Waals surface area (Å²) in [6, 6.07) is 4.32. The van der Waals surface area contributed by atoms with Crippen LogP contribution >= 0.6 is 0 Å². The standard InChI is InChI=1S/C13H17FN2O2/c14-11-7-6-8-12(13(11)16(17)18)15-9-4-2-1-3-5-10-15/h6-8H,1-5,9-10H2. The molecule has 0 spiro atoms. The van der Waals surface area contributed by atoms with Gasteiger partial charge in [0.25, 0.3) is 0 Å². The van der Waals surface area contributed by atoms with E-state index in [1.54, 1.807) is 6.07 Å². The second-order valence-corrected chi connectivity index (χ2v) is 4.62. The lowest BCUT2D eigenvalue weighted by Gasteiger charge is -2.26. The third kappa shape index (κ3) is 2.78. The van der Waals surface area contributed by atoms with Crippen molar-refractivity contribution >= 4 is 11.4 Å².